The first-order valence-corrected chi connectivity index (χ1v) is 14.0. The van der Waals surface area contributed by atoms with Crippen molar-refractivity contribution in [3.8, 4) is 5.75 Å². The van der Waals surface area contributed by atoms with Crippen molar-refractivity contribution in [3.63, 3.8) is 0 Å². The van der Waals surface area contributed by atoms with Gasteiger partial charge in [-0.05, 0) is 49.8 Å². The average Bonchev–Trinajstić information content (AvgIpc) is 2.90. The molecule has 2 atom stereocenters. The fourth-order valence-corrected chi connectivity index (χ4v) is 5.68. The van der Waals surface area contributed by atoms with E-state index in [2.05, 4.69) is 15.6 Å². The Kier molecular flexibility index (Phi) is 11.1. The zero-order chi connectivity index (χ0) is 29.0. The van der Waals surface area contributed by atoms with Gasteiger partial charge >= 0.3 is 5.97 Å². The predicted molar refractivity (Wildman–Crippen MR) is 142 cm³/mol. The summed E-state index contributed by atoms with van der Waals surface area (Å²) in [5.41, 5.74) is 11.1. The second-order valence-electron chi connectivity index (χ2n) is 9.24. The molecule has 1 aromatic rings. The van der Waals surface area contributed by atoms with Gasteiger partial charge in [0.05, 0.1) is 12.8 Å². The van der Waals surface area contributed by atoms with Gasteiger partial charge in [0, 0.05) is 14.0 Å². The van der Waals surface area contributed by atoms with Crippen LogP contribution in [0.25, 0.3) is 0 Å². The molecule has 1 aromatic carbocycles. The Labute approximate surface area is 224 Å². The Bertz CT molecular complexity index is 1110. The number of carbonyl (C=O) groups is 3. The standard InChI is InChI=1S/C24H38N6O7S/c1-38(36,37)30(17-6-3-2-4-7-17)20(14-16-9-11-18(31)12-10-16)22(33)28-15-21(32)29-19(23(34)35)8-5-13-27-24(25)26/h9-12,17,19-20,31H,2-8,13-15H2,1H3,(H,28,33)(H,29,32)(H,34,35)(H4,25,26,27)/t19-,20-/m0/s1/i1D. The number of nitrogens with zero attached hydrogens (tertiary/aromatic N) is 2. The molecular weight excluding hydrogens is 516 g/mol. The van der Waals surface area contributed by atoms with Crippen LogP contribution in [0.3, 0.4) is 0 Å². The lowest BCUT2D eigenvalue weighted by atomic mass is 9.93. The number of rotatable bonds is 14. The van der Waals surface area contributed by atoms with E-state index >= 15 is 0 Å². The van der Waals surface area contributed by atoms with Crippen LogP contribution in [-0.4, -0.2) is 84.1 Å². The minimum absolute atomic E-state index is 0.00521. The molecule has 2 amide bonds. The van der Waals surface area contributed by atoms with Gasteiger partial charge in [-0.3, -0.25) is 14.6 Å². The lowest BCUT2D eigenvalue weighted by molar-refractivity contribution is -0.142. The van der Waals surface area contributed by atoms with E-state index in [4.69, 9.17) is 12.8 Å². The molecular formula is C24H38N6O7S. The second-order valence-corrected chi connectivity index (χ2v) is 10.8. The van der Waals surface area contributed by atoms with Gasteiger partial charge in [0.1, 0.15) is 17.8 Å². The van der Waals surface area contributed by atoms with Gasteiger partial charge < -0.3 is 32.3 Å². The van der Waals surface area contributed by atoms with Crippen LogP contribution in [0.15, 0.2) is 29.3 Å². The number of aliphatic carboxylic acids is 1. The first-order chi connectivity index (χ1) is 18.4. The number of amides is 2. The van der Waals surface area contributed by atoms with Gasteiger partial charge in [-0.1, -0.05) is 31.4 Å². The Hall–Kier alpha value is -3.39. The van der Waals surface area contributed by atoms with Crippen LogP contribution >= 0.6 is 0 Å². The Morgan fingerprint density at radius 3 is 2.42 bits per heavy atom. The largest absolute Gasteiger partial charge is 0.508 e. The van der Waals surface area contributed by atoms with E-state index in [0.29, 0.717) is 18.4 Å². The van der Waals surface area contributed by atoms with Crippen LogP contribution in [0.1, 0.15) is 51.9 Å². The number of phenolic OH excluding ortho intramolecular Hbond substituents is 1. The van der Waals surface area contributed by atoms with E-state index in [1.165, 1.54) is 12.1 Å². The topological polar surface area (TPSA) is 218 Å². The number of hydrogen-bond acceptors (Lipinski definition) is 7. The summed E-state index contributed by atoms with van der Waals surface area (Å²) in [6, 6.07) is 3.00. The number of carboxylic acids is 1. The maximum absolute atomic E-state index is 13.4. The van der Waals surface area contributed by atoms with Gasteiger partial charge in [0.25, 0.3) is 0 Å². The monoisotopic (exact) mass is 555 g/mol. The Morgan fingerprint density at radius 2 is 1.84 bits per heavy atom. The van der Waals surface area contributed by atoms with Gasteiger partial charge in [-0.25, -0.2) is 13.2 Å². The van der Waals surface area contributed by atoms with Crippen LogP contribution in [0.4, 0.5) is 0 Å². The third kappa shape index (κ3) is 10.2. The van der Waals surface area contributed by atoms with E-state index in [1.54, 1.807) is 12.1 Å². The van der Waals surface area contributed by atoms with Crippen LogP contribution in [0.2, 0.25) is 0 Å². The van der Waals surface area contributed by atoms with Crippen LogP contribution in [0, 0.1) is 0 Å². The number of sulfonamides is 1. The number of nitrogens with one attached hydrogen (secondary N) is 2. The Morgan fingerprint density at radius 1 is 1.18 bits per heavy atom. The molecule has 1 aliphatic carbocycles. The molecule has 0 aromatic heterocycles. The number of carboxylic acid groups (broad SMARTS) is 1. The molecule has 0 unspecified atom stereocenters. The molecule has 38 heavy (non-hydrogen) atoms. The minimum Gasteiger partial charge on any atom is -0.508 e. The lowest BCUT2D eigenvalue weighted by Gasteiger charge is -2.37. The fourth-order valence-electron chi connectivity index (χ4n) is 4.46. The maximum Gasteiger partial charge on any atom is 0.326 e. The fraction of sp³-hybridized carbons (Fsp3) is 0.583. The number of benzene rings is 1. The number of phenols is 1. The Balaban J connectivity index is 2.19. The van der Waals surface area contributed by atoms with Crippen molar-refractivity contribution in [1.82, 2.24) is 14.9 Å². The zero-order valence-electron chi connectivity index (χ0n) is 22.2. The second kappa shape index (κ2) is 14.5. The van der Waals surface area contributed by atoms with Crippen LogP contribution in [-0.2, 0) is 30.8 Å². The molecule has 13 nitrogen and oxygen atoms in total. The highest BCUT2D eigenvalue weighted by molar-refractivity contribution is 7.88. The van der Waals surface area contributed by atoms with E-state index in [9.17, 15) is 33.0 Å². The van der Waals surface area contributed by atoms with Crippen molar-refractivity contribution in [1.29, 1.82) is 0 Å². The summed E-state index contributed by atoms with van der Waals surface area (Å²) in [6.45, 7) is -0.402. The van der Waals surface area contributed by atoms with Crippen molar-refractivity contribution < 1.29 is 34.4 Å². The first-order valence-electron chi connectivity index (χ1n) is 13.1. The summed E-state index contributed by atoms with van der Waals surface area (Å²) in [5.74, 6) is -2.92. The number of aliphatic imine (C=N–C) groups is 1. The maximum atomic E-state index is 13.4. The summed E-state index contributed by atoms with van der Waals surface area (Å²) in [7, 11) is -4.14. The number of guanidine groups is 1. The summed E-state index contributed by atoms with van der Waals surface area (Å²) in [5, 5.41) is 23.8. The first kappa shape index (κ1) is 29.2. The highest BCUT2D eigenvalue weighted by Gasteiger charge is 2.38. The minimum atomic E-state index is -4.14. The summed E-state index contributed by atoms with van der Waals surface area (Å²) in [6.07, 6.45) is 2.93. The third-order valence-electron chi connectivity index (χ3n) is 6.23. The highest BCUT2D eigenvalue weighted by Crippen LogP contribution is 2.28. The number of aromatic hydroxyl groups is 1. The van der Waals surface area contributed by atoms with Crippen LogP contribution < -0.4 is 22.1 Å². The van der Waals surface area contributed by atoms with E-state index in [0.717, 1.165) is 23.6 Å². The molecule has 1 aliphatic rings. The molecule has 2 rings (SSSR count). The quantitative estimate of drug-likeness (QED) is 0.100. The molecule has 0 aliphatic heterocycles. The average molecular weight is 556 g/mol. The molecule has 1 fully saturated rings. The molecule has 212 valence electrons. The molecule has 14 heteroatoms. The van der Waals surface area contributed by atoms with Crippen molar-refractivity contribution in [2.24, 2.45) is 16.5 Å². The third-order valence-corrected chi connectivity index (χ3v) is 7.43. The van der Waals surface area contributed by atoms with E-state index < -0.39 is 58.7 Å². The SMILES string of the molecule is [2H]CS(=O)(=O)N(C1CCCCC1)[C@@H](Cc1ccc(O)cc1)C(=O)NCC(=O)N[C@@H](CCCN=C(N)N)C(=O)O. The highest BCUT2D eigenvalue weighted by atomic mass is 32.2. The molecule has 0 heterocycles. The molecule has 8 N–H and O–H groups in total. The van der Waals surface area contributed by atoms with Crippen molar-refractivity contribution in [2.75, 3.05) is 19.3 Å². The summed E-state index contributed by atoms with van der Waals surface area (Å²) < 4.78 is 34.9. The summed E-state index contributed by atoms with van der Waals surface area (Å²) >= 11 is 0. The molecule has 0 radical (unpaired) electrons. The summed E-state index contributed by atoms with van der Waals surface area (Å²) in [4.78, 5) is 41.2. The van der Waals surface area contributed by atoms with E-state index in [1.807, 2.05) is 0 Å². The molecule has 0 saturated heterocycles. The molecule has 0 spiro atoms. The van der Waals surface area contributed by atoms with E-state index in [-0.39, 0.29) is 37.5 Å². The van der Waals surface area contributed by atoms with Crippen LogP contribution in [0.5, 0.6) is 5.75 Å². The predicted octanol–water partition coefficient (Wildman–Crippen LogP) is -0.363. The molecule has 1 saturated carbocycles. The number of hydrogen-bond donors (Lipinski definition) is 6. The van der Waals surface area contributed by atoms with Gasteiger partial charge in [-0.15, -0.1) is 0 Å². The van der Waals surface area contributed by atoms with Crippen molar-refractivity contribution in [2.45, 2.75) is 69.5 Å². The normalized spacial score (nSPS) is 16.2. The van der Waals surface area contributed by atoms with Gasteiger partial charge in [-0.2, -0.15) is 4.31 Å². The zero-order valence-corrected chi connectivity index (χ0v) is 22.0. The number of nitrogens with two attached hydrogens (primary N) is 2. The smallest absolute Gasteiger partial charge is 0.326 e. The van der Waals surface area contributed by atoms with Gasteiger partial charge in [0.15, 0.2) is 5.96 Å². The van der Waals surface area contributed by atoms with Crippen molar-refractivity contribution >= 4 is 33.8 Å². The van der Waals surface area contributed by atoms with Gasteiger partial charge in [0.2, 0.25) is 21.8 Å². The number of carbonyl (C=O) groups excluding carboxylic acids is 2. The molecule has 0 bridgehead atoms. The lowest BCUT2D eigenvalue weighted by Crippen LogP contribution is -2.56. The van der Waals surface area contributed by atoms with Crippen molar-refractivity contribution in [3.05, 3.63) is 29.8 Å².